The Kier molecular flexibility index (Phi) is 4.16. The quantitative estimate of drug-likeness (QED) is 0.695. The van der Waals surface area contributed by atoms with E-state index in [0.717, 1.165) is 6.20 Å². The molecular weight excluding hydrogens is 306 g/mol. The molecule has 0 aliphatic heterocycles. The second kappa shape index (κ2) is 5.74. The lowest BCUT2D eigenvalue weighted by Crippen LogP contribution is -2.14. The van der Waals surface area contributed by atoms with E-state index in [2.05, 4.69) is 10.3 Å². The smallest absolute Gasteiger partial charge is 0.341 e. The van der Waals surface area contributed by atoms with Gasteiger partial charge in [-0.25, -0.2) is 27.0 Å². The summed E-state index contributed by atoms with van der Waals surface area (Å²) in [6.45, 7) is 3.75. The highest BCUT2D eigenvalue weighted by atomic mass is 19.2. The first-order valence-electron chi connectivity index (χ1n) is 6.24. The van der Waals surface area contributed by atoms with Crippen LogP contribution in [0.5, 0.6) is 0 Å². The molecule has 2 rings (SSSR count). The number of carboxylic acids is 1. The molecule has 0 bridgehead atoms. The Morgan fingerprint density at radius 2 is 1.73 bits per heavy atom. The molecule has 0 spiro atoms. The fraction of sp³-hybridized carbons (Fsp3) is 0.308. The van der Waals surface area contributed by atoms with Crippen molar-refractivity contribution < 1.29 is 27.5 Å². The summed E-state index contributed by atoms with van der Waals surface area (Å²) in [6, 6.07) is 0. The molecule has 0 radical (unpaired) electrons. The van der Waals surface area contributed by atoms with Gasteiger partial charge in [0, 0.05) is 0 Å². The van der Waals surface area contributed by atoms with E-state index in [1.165, 1.54) is 0 Å². The van der Waals surface area contributed by atoms with Crippen molar-refractivity contribution in [3.05, 3.63) is 40.7 Å². The van der Waals surface area contributed by atoms with E-state index in [9.17, 15) is 22.4 Å². The Labute approximate surface area is 122 Å². The Balaban J connectivity index is 2.61. The molecule has 9 heteroatoms. The molecular formula is C13H11F4N3O2. The maximum Gasteiger partial charge on any atom is 0.341 e. The molecule has 1 aromatic heterocycles. The fourth-order valence-corrected chi connectivity index (χ4v) is 1.93. The summed E-state index contributed by atoms with van der Waals surface area (Å²) in [5, 5.41) is 15.7. The summed E-state index contributed by atoms with van der Waals surface area (Å²) >= 11 is 0. The second-order valence-corrected chi connectivity index (χ2v) is 5.04. The van der Waals surface area contributed by atoms with Gasteiger partial charge in [0.25, 0.3) is 0 Å². The molecule has 0 saturated heterocycles. The fourth-order valence-electron chi connectivity index (χ4n) is 1.93. The van der Waals surface area contributed by atoms with Gasteiger partial charge in [-0.1, -0.05) is 19.1 Å². The number of carboxylic acid groups (broad SMARTS) is 1. The molecule has 22 heavy (non-hydrogen) atoms. The van der Waals surface area contributed by atoms with Crippen LogP contribution < -0.4 is 0 Å². The number of hydrogen-bond donors (Lipinski definition) is 1. The van der Waals surface area contributed by atoms with Crippen molar-refractivity contribution in [3.63, 3.8) is 0 Å². The van der Waals surface area contributed by atoms with Crippen LogP contribution in [0.15, 0.2) is 6.20 Å². The van der Waals surface area contributed by atoms with Crippen LogP contribution in [0.1, 0.15) is 29.9 Å². The van der Waals surface area contributed by atoms with Crippen LogP contribution in [-0.2, 0) is 6.42 Å². The summed E-state index contributed by atoms with van der Waals surface area (Å²) in [7, 11) is 0. The lowest BCUT2D eigenvalue weighted by atomic mass is 10.1. The van der Waals surface area contributed by atoms with E-state index in [4.69, 9.17) is 5.11 Å². The van der Waals surface area contributed by atoms with Gasteiger partial charge in [0.2, 0.25) is 0 Å². The van der Waals surface area contributed by atoms with Gasteiger partial charge in [-0.15, -0.1) is 5.10 Å². The highest BCUT2D eigenvalue weighted by molar-refractivity contribution is 5.88. The predicted molar refractivity (Wildman–Crippen MR) is 66.7 cm³/mol. The van der Waals surface area contributed by atoms with Crippen LogP contribution in [-0.4, -0.2) is 26.1 Å². The SMILES string of the molecule is CC(C)Cc1cn(-c2c(F)c(F)c(C(=O)O)c(F)c2F)nn1. The average Bonchev–Trinajstić information content (AvgIpc) is 2.84. The van der Waals surface area contributed by atoms with E-state index in [-0.39, 0.29) is 5.92 Å². The van der Waals surface area contributed by atoms with Crippen LogP contribution in [0.4, 0.5) is 17.6 Å². The lowest BCUT2D eigenvalue weighted by molar-refractivity contribution is 0.0683. The largest absolute Gasteiger partial charge is 0.477 e. The molecule has 0 fully saturated rings. The molecule has 1 N–H and O–H groups in total. The minimum atomic E-state index is -2.11. The third-order valence-electron chi connectivity index (χ3n) is 2.84. The van der Waals surface area contributed by atoms with Gasteiger partial charge >= 0.3 is 5.97 Å². The highest BCUT2D eigenvalue weighted by Gasteiger charge is 2.30. The first-order chi connectivity index (χ1) is 10.2. The van der Waals surface area contributed by atoms with Gasteiger partial charge in [0.1, 0.15) is 11.3 Å². The van der Waals surface area contributed by atoms with Crippen molar-refractivity contribution in [2.45, 2.75) is 20.3 Å². The zero-order valence-corrected chi connectivity index (χ0v) is 11.6. The summed E-state index contributed by atoms with van der Waals surface area (Å²) in [6.07, 6.45) is 1.57. The van der Waals surface area contributed by atoms with E-state index in [0.29, 0.717) is 16.8 Å². The monoisotopic (exact) mass is 317 g/mol. The molecule has 0 saturated carbocycles. The molecule has 0 amide bonds. The van der Waals surface area contributed by atoms with Gasteiger partial charge < -0.3 is 5.11 Å². The van der Waals surface area contributed by atoms with Gasteiger partial charge in [0.15, 0.2) is 23.3 Å². The molecule has 0 unspecified atom stereocenters. The van der Waals surface area contributed by atoms with Crippen LogP contribution in [0.2, 0.25) is 0 Å². The third-order valence-corrected chi connectivity index (χ3v) is 2.84. The minimum Gasteiger partial charge on any atom is -0.477 e. The first kappa shape index (κ1) is 15.9. The maximum atomic E-state index is 13.9. The van der Waals surface area contributed by atoms with Gasteiger partial charge in [-0.2, -0.15) is 0 Å². The predicted octanol–water partition coefficient (Wildman–Crippen LogP) is 2.72. The van der Waals surface area contributed by atoms with E-state index in [1.54, 1.807) is 0 Å². The van der Waals surface area contributed by atoms with Crippen LogP contribution in [0.3, 0.4) is 0 Å². The van der Waals surface area contributed by atoms with Crippen molar-refractivity contribution in [2.75, 3.05) is 0 Å². The normalized spacial score (nSPS) is 11.2. The van der Waals surface area contributed by atoms with E-state index < -0.39 is 40.5 Å². The standard InChI is InChI=1S/C13H11F4N3O2/c1-5(2)3-6-4-20(19-18-6)12-10(16)8(14)7(13(21)22)9(15)11(12)17/h4-5H,3H2,1-2H3,(H,21,22). The zero-order chi connectivity index (χ0) is 16.6. The van der Waals surface area contributed by atoms with Gasteiger partial charge in [0.05, 0.1) is 11.9 Å². The Morgan fingerprint density at radius 1 is 1.18 bits per heavy atom. The van der Waals surface area contributed by atoms with Crippen molar-refractivity contribution in [1.29, 1.82) is 0 Å². The summed E-state index contributed by atoms with van der Waals surface area (Å²) in [4.78, 5) is 10.7. The Morgan fingerprint density at radius 3 is 2.18 bits per heavy atom. The van der Waals surface area contributed by atoms with Crippen molar-refractivity contribution in [3.8, 4) is 5.69 Å². The maximum absolute atomic E-state index is 13.9. The summed E-state index contributed by atoms with van der Waals surface area (Å²) in [5.74, 6) is -9.62. The van der Waals surface area contributed by atoms with Crippen LogP contribution >= 0.6 is 0 Å². The van der Waals surface area contributed by atoms with Crippen molar-refractivity contribution >= 4 is 5.97 Å². The molecule has 2 aromatic rings. The molecule has 0 aliphatic rings. The van der Waals surface area contributed by atoms with Gasteiger partial charge in [-0.05, 0) is 12.3 Å². The topological polar surface area (TPSA) is 68.0 Å². The molecule has 5 nitrogen and oxygen atoms in total. The lowest BCUT2D eigenvalue weighted by Gasteiger charge is -2.09. The molecule has 0 atom stereocenters. The minimum absolute atomic E-state index is 0.183. The highest BCUT2D eigenvalue weighted by Crippen LogP contribution is 2.26. The Hall–Kier alpha value is -2.45. The van der Waals surface area contributed by atoms with E-state index >= 15 is 0 Å². The summed E-state index contributed by atoms with van der Waals surface area (Å²) < 4.78 is 55.6. The number of benzene rings is 1. The molecule has 0 aliphatic carbocycles. The van der Waals surface area contributed by atoms with E-state index in [1.807, 2.05) is 13.8 Å². The number of nitrogens with zero attached hydrogens (tertiary/aromatic N) is 3. The molecule has 1 heterocycles. The number of halogens is 4. The number of hydrogen-bond acceptors (Lipinski definition) is 3. The van der Waals surface area contributed by atoms with Gasteiger partial charge in [-0.3, -0.25) is 0 Å². The van der Waals surface area contributed by atoms with Crippen LogP contribution in [0.25, 0.3) is 5.69 Å². The number of aromatic carboxylic acids is 1. The van der Waals surface area contributed by atoms with Crippen LogP contribution in [0, 0.1) is 29.2 Å². The first-order valence-corrected chi connectivity index (χ1v) is 6.24. The zero-order valence-electron chi connectivity index (χ0n) is 11.6. The third kappa shape index (κ3) is 2.66. The van der Waals surface area contributed by atoms with Crippen molar-refractivity contribution in [2.24, 2.45) is 5.92 Å². The Bertz CT molecular complexity index is 714. The number of carbonyl (C=O) groups is 1. The van der Waals surface area contributed by atoms with Crippen molar-refractivity contribution in [1.82, 2.24) is 15.0 Å². The molecule has 1 aromatic carbocycles. The number of rotatable bonds is 4. The molecule has 118 valence electrons. The summed E-state index contributed by atoms with van der Waals surface area (Å²) in [5.41, 5.74) is -2.47. The second-order valence-electron chi connectivity index (χ2n) is 5.04. The number of aromatic nitrogens is 3. The average molecular weight is 317 g/mol.